The van der Waals surface area contributed by atoms with E-state index >= 15 is 0 Å². The van der Waals surface area contributed by atoms with E-state index in [1.165, 1.54) is 0 Å². The van der Waals surface area contributed by atoms with Gasteiger partial charge in [0.2, 0.25) is 9.05 Å². The van der Waals surface area contributed by atoms with Crippen LogP contribution in [0.2, 0.25) is 0 Å². The Labute approximate surface area is 76.5 Å². The van der Waals surface area contributed by atoms with Gasteiger partial charge in [0.05, 0.1) is 12.4 Å². The molecule has 0 aromatic heterocycles. The van der Waals surface area contributed by atoms with Gasteiger partial charge < -0.3 is 0 Å². The molecular formula is C7H12ClFO2S. The standard InChI is InChI=1S/C7H12ClFO2S/c8-12(10,11)5-7-3-1-2-6(7)4-9/h6-7H,1-5H2/t6-,7-/m0/s1. The summed E-state index contributed by atoms with van der Waals surface area (Å²) in [5.41, 5.74) is 0. The number of rotatable bonds is 3. The average molecular weight is 215 g/mol. The highest BCUT2D eigenvalue weighted by Crippen LogP contribution is 2.33. The van der Waals surface area contributed by atoms with E-state index in [0.29, 0.717) is 0 Å². The lowest BCUT2D eigenvalue weighted by molar-refractivity contribution is 0.311. The summed E-state index contributed by atoms with van der Waals surface area (Å²) in [6, 6.07) is 0. The van der Waals surface area contributed by atoms with Crippen molar-refractivity contribution in [1.29, 1.82) is 0 Å². The molecule has 1 fully saturated rings. The minimum atomic E-state index is -3.45. The van der Waals surface area contributed by atoms with E-state index in [1.807, 2.05) is 0 Å². The molecule has 0 amide bonds. The quantitative estimate of drug-likeness (QED) is 0.673. The smallest absolute Gasteiger partial charge is 0.232 e. The van der Waals surface area contributed by atoms with Crippen LogP contribution in [0.5, 0.6) is 0 Å². The van der Waals surface area contributed by atoms with Gasteiger partial charge in [0.25, 0.3) is 0 Å². The highest BCUT2D eigenvalue weighted by atomic mass is 35.7. The van der Waals surface area contributed by atoms with Crippen LogP contribution in [-0.4, -0.2) is 20.8 Å². The molecule has 12 heavy (non-hydrogen) atoms. The van der Waals surface area contributed by atoms with E-state index in [-0.39, 0.29) is 17.6 Å². The van der Waals surface area contributed by atoms with Crippen molar-refractivity contribution in [3.05, 3.63) is 0 Å². The molecule has 0 aromatic rings. The van der Waals surface area contributed by atoms with Crippen molar-refractivity contribution < 1.29 is 12.8 Å². The predicted octanol–water partition coefficient (Wildman–Crippen LogP) is 1.94. The van der Waals surface area contributed by atoms with Gasteiger partial charge in [-0.3, -0.25) is 4.39 Å². The van der Waals surface area contributed by atoms with Crippen LogP contribution < -0.4 is 0 Å². The second-order valence-electron chi connectivity index (χ2n) is 3.31. The van der Waals surface area contributed by atoms with Crippen molar-refractivity contribution in [1.82, 2.24) is 0 Å². The zero-order valence-corrected chi connectivity index (χ0v) is 8.24. The summed E-state index contributed by atoms with van der Waals surface area (Å²) in [4.78, 5) is 0. The molecule has 0 unspecified atom stereocenters. The van der Waals surface area contributed by atoms with Crippen molar-refractivity contribution in [2.45, 2.75) is 19.3 Å². The Morgan fingerprint density at radius 2 is 1.92 bits per heavy atom. The lowest BCUT2D eigenvalue weighted by Crippen LogP contribution is -2.17. The van der Waals surface area contributed by atoms with Crippen LogP contribution in [0.3, 0.4) is 0 Å². The van der Waals surface area contributed by atoms with Crippen LogP contribution in [0, 0.1) is 11.8 Å². The summed E-state index contributed by atoms with van der Waals surface area (Å²) in [5, 5.41) is 0. The maximum atomic E-state index is 12.3. The molecule has 0 aliphatic heterocycles. The maximum absolute atomic E-state index is 12.3. The number of hydrogen-bond donors (Lipinski definition) is 0. The first kappa shape index (κ1) is 10.3. The Kier molecular flexibility index (Phi) is 3.35. The van der Waals surface area contributed by atoms with Crippen molar-refractivity contribution >= 4 is 19.7 Å². The minimum Gasteiger partial charge on any atom is -0.251 e. The third kappa shape index (κ3) is 2.90. The zero-order chi connectivity index (χ0) is 9.19. The molecule has 1 saturated carbocycles. The molecule has 1 rings (SSSR count). The molecule has 1 aliphatic rings. The van der Waals surface area contributed by atoms with Crippen LogP contribution in [-0.2, 0) is 9.05 Å². The van der Waals surface area contributed by atoms with E-state index in [2.05, 4.69) is 0 Å². The van der Waals surface area contributed by atoms with Gasteiger partial charge >= 0.3 is 0 Å². The van der Waals surface area contributed by atoms with Crippen molar-refractivity contribution in [3.63, 3.8) is 0 Å². The third-order valence-corrected chi connectivity index (χ3v) is 3.63. The first-order valence-electron chi connectivity index (χ1n) is 4.01. The second kappa shape index (κ2) is 3.92. The molecule has 0 spiro atoms. The zero-order valence-electron chi connectivity index (χ0n) is 6.67. The molecule has 0 heterocycles. The van der Waals surface area contributed by atoms with Crippen LogP contribution in [0.1, 0.15) is 19.3 Å². The molecule has 5 heteroatoms. The first-order chi connectivity index (χ1) is 5.53. The molecule has 2 nitrogen and oxygen atoms in total. The lowest BCUT2D eigenvalue weighted by Gasteiger charge is -2.13. The van der Waals surface area contributed by atoms with Crippen LogP contribution in [0.4, 0.5) is 4.39 Å². The van der Waals surface area contributed by atoms with Crippen LogP contribution >= 0.6 is 10.7 Å². The van der Waals surface area contributed by atoms with Gasteiger partial charge in [-0.1, -0.05) is 6.42 Å². The van der Waals surface area contributed by atoms with Gasteiger partial charge in [0.15, 0.2) is 0 Å². The molecule has 2 atom stereocenters. The molecule has 0 bridgehead atoms. The maximum Gasteiger partial charge on any atom is 0.232 e. The van der Waals surface area contributed by atoms with Gasteiger partial charge in [-0.15, -0.1) is 0 Å². The van der Waals surface area contributed by atoms with Crippen LogP contribution in [0.25, 0.3) is 0 Å². The fourth-order valence-electron chi connectivity index (χ4n) is 1.79. The number of alkyl halides is 1. The Hall–Kier alpha value is 0.170. The molecular weight excluding hydrogens is 203 g/mol. The topological polar surface area (TPSA) is 34.1 Å². The van der Waals surface area contributed by atoms with E-state index < -0.39 is 15.7 Å². The molecule has 0 saturated heterocycles. The van der Waals surface area contributed by atoms with Crippen molar-refractivity contribution in [3.8, 4) is 0 Å². The SMILES string of the molecule is O=S(=O)(Cl)C[C@@H]1CCC[C@H]1CF. The monoisotopic (exact) mass is 214 g/mol. The Morgan fingerprint density at radius 1 is 1.33 bits per heavy atom. The number of halogens is 2. The van der Waals surface area contributed by atoms with E-state index in [1.54, 1.807) is 0 Å². The minimum absolute atomic E-state index is 0.0579. The largest absolute Gasteiger partial charge is 0.251 e. The van der Waals surface area contributed by atoms with Crippen molar-refractivity contribution in [2.24, 2.45) is 11.8 Å². The highest BCUT2D eigenvalue weighted by Gasteiger charge is 2.30. The summed E-state index contributed by atoms with van der Waals surface area (Å²) >= 11 is 0. The summed E-state index contributed by atoms with van der Waals surface area (Å²) in [7, 11) is 1.64. The molecule has 72 valence electrons. The molecule has 0 aromatic carbocycles. The normalized spacial score (nSPS) is 30.8. The Morgan fingerprint density at radius 3 is 2.42 bits per heavy atom. The Balaban J connectivity index is 2.52. The fourth-order valence-corrected chi connectivity index (χ4v) is 3.23. The van der Waals surface area contributed by atoms with E-state index in [4.69, 9.17) is 10.7 Å². The van der Waals surface area contributed by atoms with Crippen molar-refractivity contribution in [2.75, 3.05) is 12.4 Å². The summed E-state index contributed by atoms with van der Waals surface area (Å²) in [6.07, 6.45) is 2.51. The lowest BCUT2D eigenvalue weighted by atomic mass is 10.00. The van der Waals surface area contributed by atoms with Gasteiger partial charge in [-0.25, -0.2) is 8.42 Å². The van der Waals surface area contributed by atoms with Gasteiger partial charge in [-0.2, -0.15) is 0 Å². The summed E-state index contributed by atoms with van der Waals surface area (Å²) < 4.78 is 33.7. The second-order valence-corrected chi connectivity index (χ2v) is 6.13. The van der Waals surface area contributed by atoms with E-state index in [0.717, 1.165) is 19.3 Å². The summed E-state index contributed by atoms with van der Waals surface area (Å²) in [6.45, 7) is -0.420. The number of hydrogen-bond acceptors (Lipinski definition) is 2. The fraction of sp³-hybridized carbons (Fsp3) is 1.00. The highest BCUT2D eigenvalue weighted by molar-refractivity contribution is 8.13. The third-order valence-electron chi connectivity index (χ3n) is 2.43. The molecule has 0 radical (unpaired) electrons. The van der Waals surface area contributed by atoms with Gasteiger partial charge in [-0.05, 0) is 24.7 Å². The average Bonchev–Trinajstić information content (AvgIpc) is 2.31. The Bertz CT molecular complexity index is 240. The summed E-state index contributed by atoms with van der Waals surface area (Å²) in [5.74, 6) is -0.209. The molecule has 0 N–H and O–H groups in total. The predicted molar refractivity (Wildman–Crippen MR) is 46.4 cm³/mol. The van der Waals surface area contributed by atoms with E-state index in [9.17, 15) is 12.8 Å². The van der Waals surface area contributed by atoms with Crippen LogP contribution in [0.15, 0.2) is 0 Å². The van der Waals surface area contributed by atoms with Gasteiger partial charge in [0.1, 0.15) is 0 Å². The first-order valence-corrected chi connectivity index (χ1v) is 6.49. The molecule has 1 aliphatic carbocycles. The van der Waals surface area contributed by atoms with Gasteiger partial charge in [0, 0.05) is 10.7 Å².